The highest BCUT2D eigenvalue weighted by Crippen LogP contribution is 2.50. The fourth-order valence-corrected chi connectivity index (χ4v) is 8.28. The molecule has 1 aliphatic rings. The second-order valence-corrected chi connectivity index (χ2v) is 14.6. The molecule has 0 fully saturated rings. The maximum atomic E-state index is 2.41. The Hall–Kier alpha value is -6.38. The summed E-state index contributed by atoms with van der Waals surface area (Å²) in [5.41, 5.74) is 17.4. The van der Waals surface area contributed by atoms with Gasteiger partial charge in [-0.1, -0.05) is 141 Å². The van der Waals surface area contributed by atoms with Crippen molar-refractivity contribution < 1.29 is 0 Å². The van der Waals surface area contributed by atoms with Gasteiger partial charge in [-0.3, -0.25) is 0 Å². The molecule has 0 N–H and O–H groups in total. The summed E-state index contributed by atoms with van der Waals surface area (Å²) in [5, 5.41) is 1.29. The summed E-state index contributed by atoms with van der Waals surface area (Å²) in [4.78, 5) is 2.40. The maximum Gasteiger partial charge on any atom is 0.0537 e. The van der Waals surface area contributed by atoms with E-state index in [1.165, 1.54) is 66.8 Å². The number of aryl methyl sites for hydroxylation is 1. The number of fused-ring (bicyclic) bond motifs is 4. The van der Waals surface area contributed by atoms with Crippen molar-refractivity contribution in [2.75, 3.05) is 4.90 Å². The summed E-state index contributed by atoms with van der Waals surface area (Å²) >= 11 is 0. The first-order valence-corrected chi connectivity index (χ1v) is 18.6. The van der Waals surface area contributed by atoms with Gasteiger partial charge in [-0.2, -0.15) is 0 Å². The molecule has 8 aromatic rings. The predicted molar refractivity (Wildman–Crippen MR) is 225 cm³/mol. The van der Waals surface area contributed by atoms with E-state index in [0.717, 1.165) is 23.5 Å². The molecule has 2 nitrogen and oxygen atoms in total. The largest absolute Gasteiger partial charge is 0.310 e. The molecule has 256 valence electrons. The Morgan fingerprint density at radius 3 is 1.89 bits per heavy atom. The smallest absolute Gasteiger partial charge is 0.0537 e. The van der Waals surface area contributed by atoms with E-state index in [2.05, 4.69) is 218 Å². The first-order valence-electron chi connectivity index (χ1n) is 18.6. The first-order chi connectivity index (χ1) is 26.0. The van der Waals surface area contributed by atoms with E-state index in [4.69, 9.17) is 0 Å². The number of allylic oxidation sites excluding steroid dienone is 1. The van der Waals surface area contributed by atoms with Gasteiger partial charge in [-0.15, -0.1) is 0 Å². The average molecular weight is 683 g/mol. The fourth-order valence-electron chi connectivity index (χ4n) is 8.28. The van der Waals surface area contributed by atoms with Crippen LogP contribution in [-0.2, 0) is 11.8 Å². The Morgan fingerprint density at radius 2 is 1.13 bits per heavy atom. The number of hydrogen-bond donors (Lipinski definition) is 0. The van der Waals surface area contributed by atoms with Crippen molar-refractivity contribution in [1.29, 1.82) is 0 Å². The molecule has 53 heavy (non-hydrogen) atoms. The molecule has 0 spiro atoms. The van der Waals surface area contributed by atoms with E-state index in [0.29, 0.717) is 0 Å². The fraction of sp³-hybridized carbons (Fsp3) is 0.0980. The summed E-state index contributed by atoms with van der Waals surface area (Å²) in [7, 11) is 0. The Labute approximate surface area is 312 Å². The second kappa shape index (κ2) is 13.3. The van der Waals surface area contributed by atoms with E-state index >= 15 is 0 Å². The number of hydrogen-bond acceptors (Lipinski definition) is 1. The lowest BCUT2D eigenvalue weighted by Gasteiger charge is -2.28. The van der Waals surface area contributed by atoms with Crippen molar-refractivity contribution in [3.63, 3.8) is 0 Å². The minimum absolute atomic E-state index is 0.0778. The van der Waals surface area contributed by atoms with Gasteiger partial charge in [0.15, 0.2) is 0 Å². The third-order valence-electron chi connectivity index (χ3n) is 11.1. The van der Waals surface area contributed by atoms with Crippen LogP contribution in [0.25, 0.3) is 44.9 Å². The third-order valence-corrected chi connectivity index (χ3v) is 11.1. The van der Waals surface area contributed by atoms with Crippen LogP contribution in [0.2, 0.25) is 0 Å². The summed E-state index contributed by atoms with van der Waals surface area (Å²) in [6, 6.07) is 63.9. The Balaban J connectivity index is 1.06. The highest BCUT2D eigenvalue weighted by atomic mass is 15.1. The number of para-hydroxylation sites is 2. The molecule has 2 heteroatoms. The normalized spacial score (nSPS) is 13.0. The SMILES string of the molecule is Cc1c(/C=C\Cc2ccc(N(c3ccc(-c4ccccc4)cc3)c3ccc4c(c3)C(C)(C)c3ccccc3-4)cc2)n(-c2ccccc2)c2ccccc12. The topological polar surface area (TPSA) is 8.17 Å². The molecule has 9 rings (SSSR count). The molecular weight excluding hydrogens is 641 g/mol. The van der Waals surface area contributed by atoms with Crippen LogP contribution in [-0.4, -0.2) is 4.57 Å². The zero-order chi connectivity index (χ0) is 35.9. The van der Waals surface area contributed by atoms with Gasteiger partial charge in [0.05, 0.1) is 5.52 Å². The van der Waals surface area contributed by atoms with Crippen LogP contribution in [0.5, 0.6) is 0 Å². The lowest BCUT2D eigenvalue weighted by molar-refractivity contribution is 0.660. The van der Waals surface area contributed by atoms with Crippen molar-refractivity contribution in [3.8, 4) is 27.9 Å². The second-order valence-electron chi connectivity index (χ2n) is 14.6. The van der Waals surface area contributed by atoms with Gasteiger partial charge >= 0.3 is 0 Å². The van der Waals surface area contributed by atoms with Crippen molar-refractivity contribution in [3.05, 3.63) is 210 Å². The molecule has 7 aromatic carbocycles. The van der Waals surface area contributed by atoms with E-state index in [1.54, 1.807) is 0 Å². The van der Waals surface area contributed by atoms with Crippen molar-refractivity contribution >= 4 is 34.0 Å². The van der Waals surface area contributed by atoms with Crippen LogP contribution in [0.15, 0.2) is 182 Å². The molecule has 1 aromatic heterocycles. The van der Waals surface area contributed by atoms with Crippen LogP contribution in [0.4, 0.5) is 17.1 Å². The van der Waals surface area contributed by atoms with Gasteiger partial charge in [-0.05, 0) is 119 Å². The van der Waals surface area contributed by atoms with Crippen molar-refractivity contribution in [2.24, 2.45) is 0 Å². The monoisotopic (exact) mass is 682 g/mol. The average Bonchev–Trinajstić information content (AvgIpc) is 3.62. The number of rotatable bonds is 8. The molecule has 0 aliphatic heterocycles. The molecule has 0 saturated heterocycles. The molecule has 0 bridgehead atoms. The molecule has 1 heterocycles. The van der Waals surface area contributed by atoms with Crippen LogP contribution >= 0.6 is 0 Å². The van der Waals surface area contributed by atoms with E-state index in [-0.39, 0.29) is 5.41 Å². The van der Waals surface area contributed by atoms with Gasteiger partial charge in [0.25, 0.3) is 0 Å². The standard InChI is InChI=1S/C51H42N2/c1-36-44-20-11-13-23-50(44)53(40-18-8-5-9-19-40)49(36)24-14-15-37-25-29-41(30-26-37)52(42-31-27-39(28-32-42)38-16-6-4-7-17-38)43-33-34-46-45-21-10-12-22-47(45)51(2,3)48(46)35-43/h4-14,16-35H,15H2,1-3H3/b24-14-. The summed E-state index contributed by atoms with van der Waals surface area (Å²) < 4.78 is 2.38. The Kier molecular flexibility index (Phi) is 8.16. The van der Waals surface area contributed by atoms with Gasteiger partial charge in [0, 0.05) is 39.2 Å². The number of aromatic nitrogens is 1. The number of nitrogens with zero attached hydrogens (tertiary/aromatic N) is 2. The third kappa shape index (κ3) is 5.77. The van der Waals surface area contributed by atoms with Gasteiger partial charge in [0.2, 0.25) is 0 Å². The molecule has 0 unspecified atom stereocenters. The van der Waals surface area contributed by atoms with Gasteiger partial charge in [-0.25, -0.2) is 0 Å². The molecule has 0 saturated carbocycles. The lowest BCUT2D eigenvalue weighted by atomic mass is 9.82. The van der Waals surface area contributed by atoms with Crippen molar-refractivity contribution in [1.82, 2.24) is 4.57 Å². The van der Waals surface area contributed by atoms with Gasteiger partial charge in [0.1, 0.15) is 0 Å². The molecular formula is C51H42N2. The molecule has 1 aliphatic carbocycles. The highest BCUT2D eigenvalue weighted by molar-refractivity contribution is 5.90. The summed E-state index contributed by atoms with van der Waals surface area (Å²) in [6.45, 7) is 6.93. The van der Waals surface area contributed by atoms with Crippen LogP contribution < -0.4 is 4.90 Å². The molecule has 0 amide bonds. The minimum Gasteiger partial charge on any atom is -0.310 e. The zero-order valence-corrected chi connectivity index (χ0v) is 30.5. The van der Waals surface area contributed by atoms with Crippen LogP contribution in [0, 0.1) is 6.92 Å². The minimum atomic E-state index is -0.0778. The lowest BCUT2D eigenvalue weighted by Crippen LogP contribution is -2.16. The summed E-state index contributed by atoms with van der Waals surface area (Å²) in [5.74, 6) is 0. The van der Waals surface area contributed by atoms with Gasteiger partial charge < -0.3 is 9.47 Å². The summed E-state index contributed by atoms with van der Waals surface area (Å²) in [6.07, 6.45) is 5.43. The van der Waals surface area contributed by atoms with Crippen LogP contribution in [0.3, 0.4) is 0 Å². The van der Waals surface area contributed by atoms with E-state index < -0.39 is 0 Å². The zero-order valence-electron chi connectivity index (χ0n) is 30.5. The Morgan fingerprint density at radius 1 is 0.547 bits per heavy atom. The number of anilines is 3. The van der Waals surface area contributed by atoms with Crippen LogP contribution in [0.1, 0.15) is 41.8 Å². The highest BCUT2D eigenvalue weighted by Gasteiger charge is 2.35. The van der Waals surface area contributed by atoms with E-state index in [9.17, 15) is 0 Å². The number of benzene rings is 7. The maximum absolute atomic E-state index is 2.41. The van der Waals surface area contributed by atoms with E-state index in [1.807, 2.05) is 0 Å². The molecule has 0 atom stereocenters. The predicted octanol–water partition coefficient (Wildman–Crippen LogP) is 13.6. The quantitative estimate of drug-likeness (QED) is 0.155. The van der Waals surface area contributed by atoms with Crippen molar-refractivity contribution in [2.45, 2.75) is 32.6 Å². The Bertz CT molecular complexity index is 2590. The molecule has 0 radical (unpaired) electrons. The first kappa shape index (κ1) is 32.5.